The quantitative estimate of drug-likeness (QED) is 0.369. The number of carbonyl (C=O) groups excluding carboxylic acids is 1. The van der Waals surface area contributed by atoms with Gasteiger partial charge in [-0.15, -0.1) is 0 Å². The molecular weight excluding hydrogens is 491 g/mol. The lowest BCUT2D eigenvalue weighted by Crippen LogP contribution is -2.43. The smallest absolute Gasteiger partial charge is 0.243 e. The van der Waals surface area contributed by atoms with Crippen LogP contribution in [-0.4, -0.2) is 26.5 Å². The normalized spacial score (nSPS) is 15.5. The van der Waals surface area contributed by atoms with Crippen molar-refractivity contribution in [3.05, 3.63) is 98.0 Å². The van der Waals surface area contributed by atoms with Gasteiger partial charge in [0.1, 0.15) is 6.54 Å². The number of para-hydroxylation sites is 2. The molecule has 1 N–H and O–H groups in total. The van der Waals surface area contributed by atoms with E-state index in [-0.39, 0.29) is 24.1 Å². The summed E-state index contributed by atoms with van der Waals surface area (Å²) in [6, 6.07) is 19.0. The lowest BCUT2D eigenvalue weighted by Gasteiger charge is -2.38. The van der Waals surface area contributed by atoms with Crippen molar-refractivity contribution in [2.45, 2.75) is 25.4 Å². The zero-order valence-corrected chi connectivity index (χ0v) is 20.8. The Balaban J connectivity index is 1.52. The van der Waals surface area contributed by atoms with Crippen molar-refractivity contribution < 1.29 is 4.79 Å². The fraction of sp³-hybridized carbons (Fsp3) is 0.231. The van der Waals surface area contributed by atoms with Crippen LogP contribution >= 0.6 is 34.8 Å². The van der Waals surface area contributed by atoms with Crippen molar-refractivity contribution in [3.63, 3.8) is 0 Å². The molecule has 0 saturated heterocycles. The fourth-order valence-electron chi connectivity index (χ4n) is 4.85. The molecule has 8 heteroatoms. The van der Waals surface area contributed by atoms with Crippen molar-refractivity contribution in [3.8, 4) is 0 Å². The second-order valence-corrected chi connectivity index (χ2v) is 9.86. The summed E-state index contributed by atoms with van der Waals surface area (Å²) in [7, 11) is 1.85. The molecule has 2 heterocycles. The molecule has 1 atom stereocenters. The second kappa shape index (κ2) is 9.14. The minimum absolute atomic E-state index is 0.0365. The molecule has 1 amide bonds. The van der Waals surface area contributed by atoms with Gasteiger partial charge < -0.3 is 14.0 Å². The maximum Gasteiger partial charge on any atom is 0.243 e. The number of rotatable bonds is 4. The number of hydrogen-bond donors (Lipinski definition) is 1. The maximum absolute atomic E-state index is 13.7. The van der Waals surface area contributed by atoms with E-state index in [1.54, 1.807) is 15.2 Å². The van der Waals surface area contributed by atoms with Crippen LogP contribution in [0.25, 0.3) is 11.0 Å². The highest BCUT2D eigenvalue weighted by atomic mass is 35.5. The maximum atomic E-state index is 13.7. The van der Waals surface area contributed by atoms with Crippen LogP contribution < -0.4 is 5.62 Å². The Morgan fingerprint density at radius 2 is 1.76 bits per heavy atom. The molecule has 0 fully saturated rings. The van der Waals surface area contributed by atoms with Crippen molar-refractivity contribution in [2.75, 3.05) is 6.54 Å². The summed E-state index contributed by atoms with van der Waals surface area (Å²) < 4.78 is 3.56. The monoisotopic (exact) mass is 512 g/mol. The van der Waals surface area contributed by atoms with E-state index < -0.39 is 0 Å². The average Bonchev–Trinajstić information content (AvgIpc) is 3.06. The summed E-state index contributed by atoms with van der Waals surface area (Å²) in [5.41, 5.74) is 5.30. The number of nitrogens with zero attached hydrogens (tertiary/aromatic N) is 3. The van der Waals surface area contributed by atoms with Gasteiger partial charge in [-0.3, -0.25) is 10.2 Å². The number of nitrogens with one attached hydrogen (secondary N) is 1. The molecule has 0 radical (unpaired) electrons. The third-order valence-electron chi connectivity index (χ3n) is 6.60. The number of carbonyl (C=O) groups is 1. The Hall–Kier alpha value is -2.73. The highest BCUT2D eigenvalue weighted by molar-refractivity contribution is 6.42. The topological polar surface area (TPSA) is 54.0 Å². The first-order valence-electron chi connectivity index (χ1n) is 11.0. The van der Waals surface area contributed by atoms with Crippen molar-refractivity contribution in [2.24, 2.45) is 7.05 Å². The number of fused-ring (bicyclic) bond motifs is 2. The highest BCUT2D eigenvalue weighted by Gasteiger charge is 2.31. The molecule has 5 rings (SSSR count). The predicted molar refractivity (Wildman–Crippen MR) is 137 cm³/mol. The Morgan fingerprint density at radius 1 is 1.00 bits per heavy atom. The molecule has 174 valence electrons. The lowest BCUT2D eigenvalue weighted by atomic mass is 9.88. The van der Waals surface area contributed by atoms with Gasteiger partial charge in [0.15, 0.2) is 0 Å². The van der Waals surface area contributed by atoms with Gasteiger partial charge in [0.05, 0.1) is 27.1 Å². The van der Waals surface area contributed by atoms with E-state index in [1.165, 1.54) is 5.56 Å². The number of hydrogen-bond acceptors (Lipinski definition) is 2. The van der Waals surface area contributed by atoms with Crippen molar-refractivity contribution in [1.29, 1.82) is 5.41 Å². The Morgan fingerprint density at radius 3 is 2.53 bits per heavy atom. The zero-order chi connectivity index (χ0) is 24.0. The molecule has 0 bridgehead atoms. The minimum Gasteiger partial charge on any atom is -0.333 e. The molecule has 0 saturated carbocycles. The van der Waals surface area contributed by atoms with Crippen LogP contribution in [0.4, 0.5) is 0 Å². The average molecular weight is 514 g/mol. The molecule has 4 aromatic rings. The van der Waals surface area contributed by atoms with E-state index in [9.17, 15) is 4.79 Å². The van der Waals surface area contributed by atoms with E-state index in [0.717, 1.165) is 28.6 Å². The summed E-state index contributed by atoms with van der Waals surface area (Å²) in [6.07, 6.45) is 1.34. The number of imidazole rings is 1. The summed E-state index contributed by atoms with van der Waals surface area (Å²) in [4.78, 5) is 15.6. The number of amides is 1. The second-order valence-electron chi connectivity index (χ2n) is 8.61. The van der Waals surface area contributed by atoms with Crippen LogP contribution in [0.15, 0.2) is 60.7 Å². The summed E-state index contributed by atoms with van der Waals surface area (Å²) in [6.45, 7) is 0.687. The molecule has 5 nitrogen and oxygen atoms in total. The van der Waals surface area contributed by atoms with Crippen molar-refractivity contribution >= 4 is 51.7 Å². The number of aryl methyl sites for hydroxylation is 1. The van der Waals surface area contributed by atoms with Gasteiger partial charge in [0.2, 0.25) is 11.5 Å². The van der Waals surface area contributed by atoms with Crippen LogP contribution in [0, 0.1) is 5.41 Å². The van der Waals surface area contributed by atoms with Gasteiger partial charge in [-0.05, 0) is 65.9 Å². The van der Waals surface area contributed by atoms with Gasteiger partial charge in [-0.1, -0.05) is 59.1 Å². The molecule has 3 aromatic carbocycles. The van der Waals surface area contributed by atoms with E-state index in [1.807, 2.05) is 66.5 Å². The molecule has 34 heavy (non-hydrogen) atoms. The Labute approximate surface area is 212 Å². The first kappa shape index (κ1) is 23.0. The van der Waals surface area contributed by atoms with Crippen LogP contribution in [0.1, 0.15) is 22.7 Å². The van der Waals surface area contributed by atoms with E-state index >= 15 is 0 Å². The summed E-state index contributed by atoms with van der Waals surface area (Å²) >= 11 is 18.8. The van der Waals surface area contributed by atoms with Crippen molar-refractivity contribution in [1.82, 2.24) is 14.0 Å². The standard InChI is InChI=1S/C26H23Cl3N4O/c1-31-22-4-2-3-5-23(22)33(26(31)30)15-25(34)32-11-10-17-7-8-18(27)14-19(17)24(32)13-16-6-9-20(28)21(29)12-16/h2-9,12,14,24,30H,10-11,13,15H2,1H3. The minimum atomic E-state index is -0.197. The number of benzene rings is 3. The van der Waals surface area contributed by atoms with Gasteiger partial charge in [-0.2, -0.15) is 0 Å². The number of halogens is 3. The molecule has 0 spiro atoms. The zero-order valence-electron chi connectivity index (χ0n) is 18.6. The summed E-state index contributed by atoms with van der Waals surface area (Å²) in [5.74, 6) is -0.0365. The molecule has 1 aliphatic heterocycles. The third-order valence-corrected chi connectivity index (χ3v) is 7.57. The summed E-state index contributed by atoms with van der Waals surface area (Å²) in [5, 5.41) is 10.2. The van der Waals surface area contributed by atoms with Gasteiger partial charge in [-0.25, -0.2) is 0 Å². The fourth-order valence-corrected chi connectivity index (χ4v) is 5.35. The SMILES string of the molecule is Cn1c(=N)n(CC(=O)N2CCc3ccc(Cl)cc3C2Cc2ccc(Cl)c(Cl)c2)c2ccccc21. The van der Waals surface area contributed by atoms with E-state index in [4.69, 9.17) is 40.2 Å². The molecule has 1 aromatic heterocycles. The molecule has 1 unspecified atom stereocenters. The molecular formula is C26H23Cl3N4O. The van der Waals surface area contributed by atoms with E-state index in [2.05, 4.69) is 0 Å². The van der Waals surface area contributed by atoms with Crippen LogP contribution in [0.2, 0.25) is 15.1 Å². The van der Waals surface area contributed by atoms with Gasteiger partial charge in [0.25, 0.3) is 0 Å². The van der Waals surface area contributed by atoms with Gasteiger partial charge in [0, 0.05) is 18.6 Å². The van der Waals surface area contributed by atoms with E-state index in [0.29, 0.717) is 28.0 Å². The lowest BCUT2D eigenvalue weighted by molar-refractivity contribution is -0.134. The molecule has 1 aliphatic rings. The first-order chi connectivity index (χ1) is 16.3. The largest absolute Gasteiger partial charge is 0.333 e. The Kier molecular flexibility index (Phi) is 6.19. The van der Waals surface area contributed by atoms with Crippen LogP contribution in [-0.2, 0) is 31.2 Å². The number of aromatic nitrogens is 2. The van der Waals surface area contributed by atoms with Gasteiger partial charge >= 0.3 is 0 Å². The third kappa shape index (κ3) is 4.13. The molecule has 0 aliphatic carbocycles. The predicted octanol–water partition coefficient (Wildman–Crippen LogP) is 5.79. The first-order valence-corrected chi connectivity index (χ1v) is 12.2. The Bertz CT molecular complexity index is 1470. The van der Waals surface area contributed by atoms with Crippen LogP contribution in [0.5, 0.6) is 0 Å². The van der Waals surface area contributed by atoms with Crippen LogP contribution in [0.3, 0.4) is 0 Å². The highest BCUT2D eigenvalue weighted by Crippen LogP contribution is 2.35.